The lowest BCUT2D eigenvalue weighted by molar-refractivity contribution is -0.140. The van der Waals surface area contributed by atoms with Gasteiger partial charge in [-0.1, -0.05) is 18.2 Å². The van der Waals surface area contributed by atoms with Crippen molar-refractivity contribution in [2.45, 2.75) is 31.7 Å². The van der Waals surface area contributed by atoms with Crippen LogP contribution in [-0.4, -0.2) is 59.8 Å². The molecule has 0 saturated carbocycles. The molecule has 0 fully saturated rings. The third kappa shape index (κ3) is 11.1. The zero-order valence-corrected chi connectivity index (χ0v) is 16.8. The van der Waals surface area contributed by atoms with E-state index >= 15 is 0 Å². The number of carboxylic acids is 1. The molecule has 0 aliphatic carbocycles. The maximum atomic E-state index is 12.3. The largest absolute Gasteiger partial charge is 0.481 e. The van der Waals surface area contributed by atoms with Gasteiger partial charge in [0.1, 0.15) is 6.04 Å². The smallest absolute Gasteiger partial charge is 0.305 e. The number of nitrogens with one attached hydrogen (secondary N) is 3. The summed E-state index contributed by atoms with van der Waals surface area (Å²) in [5, 5.41) is 16.2. The molecule has 8 N–H and O–H groups in total. The van der Waals surface area contributed by atoms with Gasteiger partial charge in [0.25, 0.3) is 5.91 Å². The molecule has 0 radical (unpaired) electrons. The van der Waals surface area contributed by atoms with Gasteiger partial charge in [-0.3, -0.25) is 29.3 Å². The van der Waals surface area contributed by atoms with Gasteiger partial charge in [-0.2, -0.15) is 4.99 Å². The van der Waals surface area contributed by atoms with Crippen LogP contribution in [0.2, 0.25) is 0 Å². The van der Waals surface area contributed by atoms with Crippen LogP contribution in [0, 0.1) is 0 Å². The van der Waals surface area contributed by atoms with Crippen molar-refractivity contribution in [3.63, 3.8) is 0 Å². The average Bonchev–Trinajstić information content (AvgIpc) is 2.69. The summed E-state index contributed by atoms with van der Waals surface area (Å²) in [6.45, 7) is 0.211. The molecule has 168 valence electrons. The number of nitrogens with two attached hydrogens (primary N) is 2. The Balaban J connectivity index is 2.43. The van der Waals surface area contributed by atoms with Crippen LogP contribution in [0.25, 0.3) is 0 Å². The maximum absolute atomic E-state index is 12.3. The number of benzene rings is 1. The highest BCUT2D eigenvalue weighted by Crippen LogP contribution is 2.00. The fourth-order valence-corrected chi connectivity index (χ4v) is 2.42. The third-order valence-electron chi connectivity index (χ3n) is 3.84. The van der Waals surface area contributed by atoms with Crippen molar-refractivity contribution in [3.05, 3.63) is 35.9 Å². The summed E-state index contributed by atoms with van der Waals surface area (Å²) in [6.07, 6.45) is 0.522. The zero-order chi connectivity index (χ0) is 23.2. The molecule has 0 bridgehead atoms. The van der Waals surface area contributed by atoms with Gasteiger partial charge in [-0.05, 0) is 31.5 Å². The third-order valence-corrected chi connectivity index (χ3v) is 3.84. The lowest BCUT2D eigenvalue weighted by Crippen LogP contribution is -2.51. The fraction of sp³-hybridized carbons (Fsp3) is 0.368. The number of guanidine groups is 1. The van der Waals surface area contributed by atoms with Crippen molar-refractivity contribution in [3.8, 4) is 0 Å². The summed E-state index contributed by atoms with van der Waals surface area (Å²) in [5.41, 5.74) is 10.4. The lowest BCUT2D eigenvalue weighted by Gasteiger charge is -2.16. The minimum atomic E-state index is -1.42. The average molecular weight is 434 g/mol. The van der Waals surface area contributed by atoms with Gasteiger partial charge >= 0.3 is 5.97 Å². The number of carboxylic acid groups (broad SMARTS) is 1. The standard InChI is InChI=1S/C19H26N6O6/c20-19(21)24-14(26)8-4-5-9-22-11-15(27)23-13(10-16(28)29)18(31)25-17(30)12-6-2-1-3-7-12/h1-3,6-7,13,22H,4-5,8-11H2,(H,23,27)(H,28,29)(H,25,30,31)(H4,20,21,24,26)/t13-/m0/s1. The molecule has 4 amide bonds. The second-order valence-electron chi connectivity index (χ2n) is 6.47. The number of aliphatic carboxylic acids is 1. The number of hydrogen-bond donors (Lipinski definition) is 6. The highest BCUT2D eigenvalue weighted by molar-refractivity contribution is 6.07. The lowest BCUT2D eigenvalue weighted by atomic mass is 10.1. The summed E-state index contributed by atoms with van der Waals surface area (Å²) in [4.78, 5) is 62.0. The van der Waals surface area contributed by atoms with E-state index in [0.29, 0.717) is 19.4 Å². The number of nitrogens with zero attached hydrogens (tertiary/aromatic N) is 1. The van der Waals surface area contributed by atoms with E-state index in [9.17, 15) is 24.0 Å². The first-order valence-electron chi connectivity index (χ1n) is 9.43. The van der Waals surface area contributed by atoms with E-state index in [4.69, 9.17) is 16.6 Å². The van der Waals surface area contributed by atoms with E-state index in [-0.39, 0.29) is 24.5 Å². The molecule has 1 atom stereocenters. The monoisotopic (exact) mass is 434 g/mol. The van der Waals surface area contributed by atoms with Crippen molar-refractivity contribution in [2.24, 2.45) is 16.5 Å². The molecule has 1 rings (SSSR count). The molecule has 0 spiro atoms. The number of imide groups is 1. The van der Waals surface area contributed by atoms with E-state index in [1.807, 2.05) is 0 Å². The van der Waals surface area contributed by atoms with Gasteiger partial charge < -0.3 is 27.2 Å². The topological polar surface area (TPSA) is 206 Å². The summed E-state index contributed by atoms with van der Waals surface area (Å²) in [6, 6.07) is 6.47. The Kier molecular flexibility index (Phi) is 10.9. The number of carbonyl (C=O) groups excluding carboxylic acids is 4. The highest BCUT2D eigenvalue weighted by Gasteiger charge is 2.25. The van der Waals surface area contributed by atoms with Gasteiger partial charge in [0.05, 0.1) is 13.0 Å². The van der Waals surface area contributed by atoms with Gasteiger partial charge in [0.2, 0.25) is 17.7 Å². The molecule has 0 aromatic heterocycles. The minimum absolute atomic E-state index is 0.155. The summed E-state index contributed by atoms with van der Waals surface area (Å²) < 4.78 is 0. The van der Waals surface area contributed by atoms with Crippen molar-refractivity contribution < 1.29 is 29.1 Å². The SMILES string of the molecule is NC(N)=NC(=O)CCCCNCC(=O)N[C@@H](CC(=O)O)C(=O)NC(=O)c1ccccc1. The first-order chi connectivity index (χ1) is 14.7. The highest BCUT2D eigenvalue weighted by atomic mass is 16.4. The van der Waals surface area contributed by atoms with Crippen molar-refractivity contribution in [2.75, 3.05) is 13.1 Å². The molecular weight excluding hydrogens is 408 g/mol. The van der Waals surface area contributed by atoms with Crippen LogP contribution in [0.15, 0.2) is 35.3 Å². The quantitative estimate of drug-likeness (QED) is 0.128. The Morgan fingerprint density at radius 3 is 2.32 bits per heavy atom. The van der Waals surface area contributed by atoms with Crippen LogP contribution in [0.3, 0.4) is 0 Å². The molecule has 0 heterocycles. The van der Waals surface area contributed by atoms with Crippen LogP contribution >= 0.6 is 0 Å². The summed E-state index contributed by atoms with van der Waals surface area (Å²) >= 11 is 0. The predicted molar refractivity (Wildman–Crippen MR) is 111 cm³/mol. The van der Waals surface area contributed by atoms with Gasteiger partial charge in [0, 0.05) is 12.0 Å². The Labute approximate surface area is 178 Å². The maximum Gasteiger partial charge on any atom is 0.305 e. The van der Waals surface area contributed by atoms with E-state index < -0.39 is 42.1 Å². The van der Waals surface area contributed by atoms with Gasteiger partial charge in [-0.25, -0.2) is 0 Å². The molecular formula is C19H26N6O6. The van der Waals surface area contributed by atoms with Crippen LogP contribution in [-0.2, 0) is 19.2 Å². The molecule has 31 heavy (non-hydrogen) atoms. The van der Waals surface area contributed by atoms with E-state index in [1.165, 1.54) is 12.1 Å². The number of unbranched alkanes of at least 4 members (excludes halogenated alkanes) is 1. The molecule has 1 aromatic carbocycles. The Morgan fingerprint density at radius 2 is 1.71 bits per heavy atom. The van der Waals surface area contributed by atoms with Crippen LogP contribution in [0.1, 0.15) is 36.0 Å². The Hall–Kier alpha value is -3.80. The van der Waals surface area contributed by atoms with Gasteiger partial charge in [-0.15, -0.1) is 0 Å². The number of rotatable bonds is 12. The van der Waals surface area contributed by atoms with Gasteiger partial charge in [0.15, 0.2) is 5.96 Å². The molecule has 1 aromatic rings. The van der Waals surface area contributed by atoms with Crippen LogP contribution < -0.4 is 27.4 Å². The predicted octanol–water partition coefficient (Wildman–Crippen LogP) is -1.54. The summed E-state index contributed by atoms with van der Waals surface area (Å²) in [5.74, 6) is -4.31. The van der Waals surface area contributed by atoms with Crippen molar-refractivity contribution in [1.82, 2.24) is 16.0 Å². The second kappa shape index (κ2) is 13.4. The minimum Gasteiger partial charge on any atom is -0.481 e. The second-order valence-corrected chi connectivity index (χ2v) is 6.47. The number of carbonyl (C=O) groups is 5. The molecule has 12 nitrogen and oxygen atoms in total. The van der Waals surface area contributed by atoms with E-state index in [1.54, 1.807) is 18.2 Å². The van der Waals surface area contributed by atoms with Crippen molar-refractivity contribution in [1.29, 1.82) is 0 Å². The van der Waals surface area contributed by atoms with E-state index in [2.05, 4.69) is 20.9 Å². The fourth-order valence-electron chi connectivity index (χ4n) is 2.42. The van der Waals surface area contributed by atoms with Crippen molar-refractivity contribution >= 4 is 35.6 Å². The summed E-state index contributed by atoms with van der Waals surface area (Å²) in [7, 11) is 0. The normalized spacial score (nSPS) is 11.1. The first kappa shape index (κ1) is 25.2. The van der Waals surface area contributed by atoms with Crippen LogP contribution in [0.5, 0.6) is 0 Å². The first-order valence-corrected chi connectivity index (χ1v) is 9.43. The Morgan fingerprint density at radius 1 is 1.03 bits per heavy atom. The molecule has 12 heteroatoms. The molecule has 0 unspecified atom stereocenters. The number of aliphatic imine (C=N–C) groups is 1. The number of hydrogen-bond acceptors (Lipinski definition) is 6. The molecule has 0 aliphatic rings. The number of amides is 4. The molecule has 0 saturated heterocycles. The zero-order valence-electron chi connectivity index (χ0n) is 16.8. The van der Waals surface area contributed by atoms with Crippen LogP contribution in [0.4, 0.5) is 0 Å². The Bertz CT molecular complexity index is 822. The molecule has 0 aliphatic heterocycles. The van der Waals surface area contributed by atoms with E-state index in [0.717, 1.165) is 0 Å².